The van der Waals surface area contributed by atoms with E-state index in [0.29, 0.717) is 0 Å². The number of benzene rings is 1. The number of hydrogen-bond acceptors (Lipinski definition) is 3. The summed E-state index contributed by atoms with van der Waals surface area (Å²) in [4.78, 5) is 14.2. The lowest BCUT2D eigenvalue weighted by molar-refractivity contribution is 0.0935. The van der Waals surface area contributed by atoms with Gasteiger partial charge in [0.1, 0.15) is 0 Å². The lowest BCUT2D eigenvalue weighted by Crippen LogP contribution is -2.40. The van der Waals surface area contributed by atoms with Gasteiger partial charge < -0.3 is 15.5 Å². The highest BCUT2D eigenvalue weighted by atomic mass is 16.1. The summed E-state index contributed by atoms with van der Waals surface area (Å²) in [5.74, 6) is 0.0269. The first-order valence-corrected chi connectivity index (χ1v) is 6.96. The van der Waals surface area contributed by atoms with Gasteiger partial charge in [0.25, 0.3) is 5.91 Å². The molecule has 1 aliphatic rings. The molecule has 1 heterocycles. The molecule has 2 N–H and O–H groups in total. The summed E-state index contributed by atoms with van der Waals surface area (Å²) in [6, 6.07) is 7.97. The first kappa shape index (κ1) is 13.9. The van der Waals surface area contributed by atoms with Gasteiger partial charge in [0.15, 0.2) is 0 Å². The second-order valence-electron chi connectivity index (χ2n) is 5.31. The van der Waals surface area contributed by atoms with Crippen LogP contribution in [0.1, 0.15) is 29.6 Å². The first-order chi connectivity index (χ1) is 9.16. The van der Waals surface area contributed by atoms with Crippen LogP contribution in [0.5, 0.6) is 0 Å². The molecule has 1 aromatic carbocycles. The fourth-order valence-electron chi connectivity index (χ4n) is 2.32. The molecule has 4 nitrogen and oxygen atoms in total. The maximum Gasteiger partial charge on any atom is 0.251 e. The average Bonchev–Trinajstić information content (AvgIpc) is 2.67. The smallest absolute Gasteiger partial charge is 0.251 e. The molecule has 4 heteroatoms. The van der Waals surface area contributed by atoms with Gasteiger partial charge in [-0.1, -0.05) is 6.42 Å². The predicted molar refractivity (Wildman–Crippen MR) is 78.7 cm³/mol. The highest BCUT2D eigenvalue weighted by molar-refractivity contribution is 5.94. The molecule has 0 radical (unpaired) electrons. The topological polar surface area (TPSA) is 44.4 Å². The Bertz CT molecular complexity index is 406. The van der Waals surface area contributed by atoms with Crippen molar-refractivity contribution in [2.24, 2.45) is 0 Å². The van der Waals surface area contributed by atoms with Crippen LogP contribution in [0.25, 0.3) is 0 Å². The van der Waals surface area contributed by atoms with E-state index in [-0.39, 0.29) is 11.9 Å². The normalized spacial score (nSPS) is 19.6. The van der Waals surface area contributed by atoms with E-state index in [9.17, 15) is 4.79 Å². The summed E-state index contributed by atoms with van der Waals surface area (Å²) in [6.07, 6.45) is 3.44. The number of hydrogen-bond donors (Lipinski definition) is 2. The van der Waals surface area contributed by atoms with Crippen LogP contribution < -0.4 is 15.5 Å². The molecule has 2 rings (SSSR count). The lowest BCUT2D eigenvalue weighted by Gasteiger charge is -2.17. The Balaban J connectivity index is 1.95. The number of nitrogens with zero attached hydrogens (tertiary/aromatic N) is 1. The molecule has 1 atom stereocenters. The van der Waals surface area contributed by atoms with Gasteiger partial charge in [0.2, 0.25) is 0 Å². The van der Waals surface area contributed by atoms with Gasteiger partial charge in [-0.2, -0.15) is 0 Å². The molecule has 1 unspecified atom stereocenters. The summed E-state index contributed by atoms with van der Waals surface area (Å²) < 4.78 is 0. The SMILES string of the molecule is CN(C)c1ccc(C(=O)NC2CCCCNC2)cc1. The Morgan fingerprint density at radius 2 is 2.00 bits per heavy atom. The minimum Gasteiger partial charge on any atom is -0.378 e. The largest absolute Gasteiger partial charge is 0.378 e. The highest BCUT2D eigenvalue weighted by Crippen LogP contribution is 2.13. The van der Waals surface area contributed by atoms with Gasteiger partial charge in [-0.25, -0.2) is 0 Å². The lowest BCUT2D eigenvalue weighted by atomic mass is 10.1. The zero-order valence-electron chi connectivity index (χ0n) is 11.8. The van der Waals surface area contributed by atoms with Gasteiger partial charge in [0.05, 0.1) is 0 Å². The van der Waals surface area contributed by atoms with Crippen molar-refractivity contribution < 1.29 is 4.79 Å². The molecule has 0 aliphatic carbocycles. The molecular weight excluding hydrogens is 238 g/mol. The first-order valence-electron chi connectivity index (χ1n) is 6.96. The van der Waals surface area contributed by atoms with Gasteiger partial charge >= 0.3 is 0 Å². The van der Waals surface area contributed by atoms with Crippen molar-refractivity contribution in [3.8, 4) is 0 Å². The van der Waals surface area contributed by atoms with Crippen LogP contribution in [-0.2, 0) is 0 Å². The summed E-state index contributed by atoms with van der Waals surface area (Å²) in [7, 11) is 3.98. The van der Waals surface area contributed by atoms with Crippen LogP contribution in [-0.4, -0.2) is 39.1 Å². The van der Waals surface area contributed by atoms with Gasteiger partial charge in [-0.15, -0.1) is 0 Å². The van der Waals surface area contributed by atoms with E-state index in [2.05, 4.69) is 10.6 Å². The van der Waals surface area contributed by atoms with E-state index in [1.165, 1.54) is 12.8 Å². The molecule has 0 saturated carbocycles. The van der Waals surface area contributed by atoms with Gasteiger partial charge in [-0.05, 0) is 43.7 Å². The second-order valence-corrected chi connectivity index (χ2v) is 5.31. The Morgan fingerprint density at radius 3 is 2.68 bits per heavy atom. The van der Waals surface area contributed by atoms with Crippen LogP contribution in [0.3, 0.4) is 0 Å². The Kier molecular flexibility index (Phi) is 4.80. The molecule has 1 saturated heterocycles. The third-order valence-corrected chi connectivity index (χ3v) is 3.53. The fraction of sp³-hybridized carbons (Fsp3) is 0.533. The fourth-order valence-corrected chi connectivity index (χ4v) is 2.32. The van der Waals surface area contributed by atoms with Crippen molar-refractivity contribution in [3.63, 3.8) is 0 Å². The molecule has 1 aromatic rings. The van der Waals surface area contributed by atoms with Gasteiger partial charge in [-0.3, -0.25) is 4.79 Å². The molecule has 0 spiro atoms. The third-order valence-electron chi connectivity index (χ3n) is 3.53. The minimum atomic E-state index is 0.0269. The molecule has 1 aliphatic heterocycles. The molecule has 0 bridgehead atoms. The van der Waals surface area contributed by atoms with E-state index < -0.39 is 0 Å². The van der Waals surface area contributed by atoms with Crippen LogP contribution in [0.2, 0.25) is 0 Å². The number of nitrogens with one attached hydrogen (secondary N) is 2. The Hall–Kier alpha value is -1.55. The van der Waals surface area contributed by atoms with Crippen molar-refractivity contribution >= 4 is 11.6 Å². The maximum absolute atomic E-state index is 12.2. The monoisotopic (exact) mass is 261 g/mol. The number of carbonyl (C=O) groups is 1. The van der Waals surface area contributed by atoms with Crippen LogP contribution in [0.4, 0.5) is 5.69 Å². The van der Waals surface area contributed by atoms with Crippen LogP contribution in [0.15, 0.2) is 24.3 Å². The summed E-state index contributed by atoms with van der Waals surface area (Å²) in [5, 5.41) is 6.47. The number of amides is 1. The van der Waals surface area contributed by atoms with Crippen molar-refractivity contribution in [2.75, 3.05) is 32.1 Å². The zero-order chi connectivity index (χ0) is 13.7. The molecular formula is C15H23N3O. The average molecular weight is 261 g/mol. The Morgan fingerprint density at radius 1 is 1.26 bits per heavy atom. The van der Waals surface area contributed by atoms with Crippen molar-refractivity contribution in [1.29, 1.82) is 0 Å². The van der Waals surface area contributed by atoms with E-state index in [1.54, 1.807) is 0 Å². The molecule has 1 fully saturated rings. The van der Waals surface area contributed by atoms with E-state index in [1.807, 2.05) is 43.3 Å². The second kappa shape index (κ2) is 6.57. The number of anilines is 1. The van der Waals surface area contributed by atoms with Crippen LogP contribution in [0, 0.1) is 0 Å². The molecule has 1 amide bonds. The minimum absolute atomic E-state index is 0.0269. The number of carbonyl (C=O) groups excluding carboxylic acids is 1. The summed E-state index contributed by atoms with van der Waals surface area (Å²) in [5.41, 5.74) is 1.84. The Labute approximate surface area is 115 Å². The van der Waals surface area contributed by atoms with E-state index >= 15 is 0 Å². The number of rotatable bonds is 3. The quantitative estimate of drug-likeness (QED) is 0.869. The summed E-state index contributed by atoms with van der Waals surface area (Å²) >= 11 is 0. The van der Waals surface area contributed by atoms with Crippen molar-refractivity contribution in [1.82, 2.24) is 10.6 Å². The molecule has 104 valence electrons. The standard InChI is InChI=1S/C15H23N3O/c1-18(2)14-8-6-12(7-9-14)15(19)17-13-5-3-4-10-16-11-13/h6-9,13,16H,3-5,10-11H2,1-2H3,(H,17,19). The van der Waals surface area contributed by atoms with Crippen LogP contribution >= 0.6 is 0 Å². The molecule has 19 heavy (non-hydrogen) atoms. The maximum atomic E-state index is 12.2. The van der Waals surface area contributed by atoms with E-state index in [4.69, 9.17) is 0 Å². The van der Waals surface area contributed by atoms with Crippen molar-refractivity contribution in [2.45, 2.75) is 25.3 Å². The van der Waals surface area contributed by atoms with E-state index in [0.717, 1.165) is 30.8 Å². The third kappa shape index (κ3) is 3.96. The van der Waals surface area contributed by atoms with Crippen molar-refractivity contribution in [3.05, 3.63) is 29.8 Å². The zero-order valence-corrected chi connectivity index (χ0v) is 11.8. The highest BCUT2D eigenvalue weighted by Gasteiger charge is 2.15. The van der Waals surface area contributed by atoms with Gasteiger partial charge in [0, 0.05) is 37.9 Å². The molecule has 0 aromatic heterocycles. The predicted octanol–water partition coefficient (Wildman–Crippen LogP) is 1.62. The summed E-state index contributed by atoms with van der Waals surface area (Å²) in [6.45, 7) is 1.94.